The molecule has 1 aromatic heterocycles. The van der Waals surface area contributed by atoms with E-state index < -0.39 is 0 Å². The van der Waals surface area contributed by atoms with Crippen molar-refractivity contribution >= 4 is 5.91 Å². The molecule has 0 aliphatic heterocycles. The second-order valence-corrected chi connectivity index (χ2v) is 5.24. The van der Waals surface area contributed by atoms with Gasteiger partial charge in [-0.25, -0.2) is 0 Å². The summed E-state index contributed by atoms with van der Waals surface area (Å²) in [5, 5.41) is 2.96. The quantitative estimate of drug-likeness (QED) is 0.880. The summed E-state index contributed by atoms with van der Waals surface area (Å²) in [6.07, 6.45) is 4.59. The zero-order valence-corrected chi connectivity index (χ0v) is 12.2. The first kappa shape index (κ1) is 14.3. The Morgan fingerprint density at radius 3 is 2.82 bits per heavy atom. The molecule has 1 heterocycles. The molecule has 2 atom stereocenters. The summed E-state index contributed by atoms with van der Waals surface area (Å²) in [4.78, 5) is 16.1. The molecule has 0 saturated carbocycles. The standard InChI is InChI=1S/C18H18N2O2/c1-2-17(21)20-15-10-11-16(18-14(15)9-6-12-19-18)22-13-7-4-3-5-8-13/h2-9,12,15-16H,1,10-11H2,(H,20,21). The number of ether oxygens (including phenoxy) is 1. The van der Waals surface area contributed by atoms with Crippen molar-refractivity contribution in [1.82, 2.24) is 10.3 Å². The number of para-hydroxylation sites is 1. The zero-order valence-electron chi connectivity index (χ0n) is 12.2. The van der Waals surface area contributed by atoms with Gasteiger partial charge >= 0.3 is 0 Å². The molecule has 0 fully saturated rings. The summed E-state index contributed by atoms with van der Waals surface area (Å²) >= 11 is 0. The van der Waals surface area contributed by atoms with E-state index in [0.29, 0.717) is 0 Å². The van der Waals surface area contributed by atoms with E-state index >= 15 is 0 Å². The van der Waals surface area contributed by atoms with E-state index in [4.69, 9.17) is 4.74 Å². The second kappa shape index (κ2) is 6.43. The number of pyridine rings is 1. The smallest absolute Gasteiger partial charge is 0.243 e. The Kier molecular flexibility index (Phi) is 4.19. The van der Waals surface area contributed by atoms with Crippen LogP contribution in [0.4, 0.5) is 0 Å². The number of amides is 1. The van der Waals surface area contributed by atoms with Crippen LogP contribution in [0.15, 0.2) is 61.3 Å². The summed E-state index contributed by atoms with van der Waals surface area (Å²) in [6, 6.07) is 13.6. The van der Waals surface area contributed by atoms with Gasteiger partial charge in [0.25, 0.3) is 0 Å². The topological polar surface area (TPSA) is 51.2 Å². The number of aromatic nitrogens is 1. The highest BCUT2D eigenvalue weighted by Gasteiger charge is 2.30. The summed E-state index contributed by atoms with van der Waals surface area (Å²) in [7, 11) is 0. The van der Waals surface area contributed by atoms with Crippen molar-refractivity contribution in [3.63, 3.8) is 0 Å². The summed E-state index contributed by atoms with van der Waals surface area (Å²) < 4.78 is 6.07. The Hall–Kier alpha value is -2.62. The van der Waals surface area contributed by atoms with Crippen molar-refractivity contribution in [2.24, 2.45) is 0 Å². The van der Waals surface area contributed by atoms with Crippen LogP contribution in [0.2, 0.25) is 0 Å². The Labute approximate surface area is 129 Å². The molecule has 1 aromatic carbocycles. The molecular formula is C18H18N2O2. The highest BCUT2D eigenvalue weighted by Crippen LogP contribution is 2.37. The van der Waals surface area contributed by atoms with E-state index in [-0.39, 0.29) is 18.1 Å². The molecule has 22 heavy (non-hydrogen) atoms. The lowest BCUT2D eigenvalue weighted by Gasteiger charge is -2.31. The maximum atomic E-state index is 11.6. The lowest BCUT2D eigenvalue weighted by molar-refractivity contribution is -0.117. The predicted molar refractivity (Wildman–Crippen MR) is 84.4 cm³/mol. The summed E-state index contributed by atoms with van der Waals surface area (Å²) in [5.41, 5.74) is 1.91. The number of hydrogen-bond acceptors (Lipinski definition) is 3. The van der Waals surface area contributed by atoms with Gasteiger partial charge in [0.05, 0.1) is 11.7 Å². The lowest BCUT2D eigenvalue weighted by Crippen LogP contribution is -2.32. The SMILES string of the molecule is C=CC(=O)NC1CCC(Oc2ccccc2)c2ncccc21. The highest BCUT2D eigenvalue weighted by atomic mass is 16.5. The third-order valence-corrected chi connectivity index (χ3v) is 3.79. The molecule has 1 amide bonds. The van der Waals surface area contributed by atoms with Gasteiger partial charge in [-0.1, -0.05) is 30.8 Å². The van der Waals surface area contributed by atoms with E-state index in [1.54, 1.807) is 6.20 Å². The molecule has 0 saturated heterocycles. The predicted octanol–water partition coefficient (Wildman–Crippen LogP) is 3.34. The molecule has 4 heteroatoms. The maximum Gasteiger partial charge on any atom is 0.243 e. The molecule has 1 N–H and O–H groups in total. The van der Waals surface area contributed by atoms with Crippen molar-refractivity contribution in [2.45, 2.75) is 25.0 Å². The molecule has 0 bridgehead atoms. The van der Waals surface area contributed by atoms with Gasteiger partial charge in [-0.05, 0) is 42.7 Å². The van der Waals surface area contributed by atoms with Crippen LogP contribution in [-0.2, 0) is 4.79 Å². The van der Waals surface area contributed by atoms with Gasteiger partial charge in [0.1, 0.15) is 11.9 Å². The Balaban J connectivity index is 1.84. The third kappa shape index (κ3) is 3.01. The van der Waals surface area contributed by atoms with Crippen LogP contribution in [0, 0.1) is 0 Å². The van der Waals surface area contributed by atoms with E-state index in [2.05, 4.69) is 16.9 Å². The van der Waals surface area contributed by atoms with Crippen molar-refractivity contribution in [3.05, 3.63) is 72.6 Å². The largest absolute Gasteiger partial charge is 0.484 e. The fourth-order valence-corrected chi connectivity index (χ4v) is 2.76. The van der Waals surface area contributed by atoms with Crippen LogP contribution in [0.25, 0.3) is 0 Å². The molecule has 2 unspecified atom stereocenters. The third-order valence-electron chi connectivity index (χ3n) is 3.79. The first-order valence-electron chi connectivity index (χ1n) is 7.37. The monoisotopic (exact) mass is 294 g/mol. The van der Waals surface area contributed by atoms with Crippen molar-refractivity contribution < 1.29 is 9.53 Å². The minimum Gasteiger partial charge on any atom is -0.484 e. The minimum atomic E-state index is -0.165. The van der Waals surface area contributed by atoms with Crippen molar-refractivity contribution in [3.8, 4) is 5.75 Å². The van der Waals surface area contributed by atoms with Crippen LogP contribution in [-0.4, -0.2) is 10.9 Å². The van der Waals surface area contributed by atoms with Crippen LogP contribution in [0.5, 0.6) is 5.75 Å². The van der Waals surface area contributed by atoms with E-state index in [9.17, 15) is 4.79 Å². The summed E-state index contributed by atoms with van der Waals surface area (Å²) in [6.45, 7) is 3.50. The second-order valence-electron chi connectivity index (χ2n) is 5.24. The molecule has 3 rings (SSSR count). The normalized spacial score (nSPS) is 19.8. The molecule has 1 aliphatic carbocycles. The zero-order chi connectivity index (χ0) is 15.4. The van der Waals surface area contributed by atoms with E-state index in [1.807, 2.05) is 42.5 Å². The van der Waals surface area contributed by atoms with Gasteiger partial charge in [0, 0.05) is 6.20 Å². The van der Waals surface area contributed by atoms with Crippen molar-refractivity contribution in [1.29, 1.82) is 0 Å². The van der Waals surface area contributed by atoms with Gasteiger partial charge in [0.15, 0.2) is 0 Å². The number of benzene rings is 1. The van der Waals surface area contributed by atoms with Gasteiger partial charge in [-0.3, -0.25) is 9.78 Å². The van der Waals surface area contributed by atoms with Gasteiger partial charge in [0.2, 0.25) is 5.91 Å². The number of fused-ring (bicyclic) bond motifs is 1. The average molecular weight is 294 g/mol. The number of hydrogen-bond donors (Lipinski definition) is 1. The first-order valence-corrected chi connectivity index (χ1v) is 7.37. The number of nitrogens with one attached hydrogen (secondary N) is 1. The maximum absolute atomic E-state index is 11.6. The van der Waals surface area contributed by atoms with E-state index in [1.165, 1.54) is 6.08 Å². The number of rotatable bonds is 4. The van der Waals surface area contributed by atoms with Gasteiger partial charge in [-0.2, -0.15) is 0 Å². The lowest BCUT2D eigenvalue weighted by atomic mass is 9.89. The highest BCUT2D eigenvalue weighted by molar-refractivity contribution is 5.87. The average Bonchev–Trinajstić information content (AvgIpc) is 2.58. The molecule has 0 radical (unpaired) electrons. The number of carbonyl (C=O) groups excluding carboxylic acids is 1. The first-order chi connectivity index (χ1) is 10.8. The minimum absolute atomic E-state index is 0.0372. The molecule has 112 valence electrons. The Morgan fingerprint density at radius 2 is 2.05 bits per heavy atom. The molecule has 4 nitrogen and oxygen atoms in total. The van der Waals surface area contributed by atoms with E-state index in [0.717, 1.165) is 29.8 Å². The van der Waals surface area contributed by atoms with Crippen LogP contribution in [0.1, 0.15) is 36.2 Å². The molecule has 2 aromatic rings. The summed E-state index contributed by atoms with van der Waals surface area (Å²) in [5.74, 6) is 0.667. The fourth-order valence-electron chi connectivity index (χ4n) is 2.76. The van der Waals surface area contributed by atoms with Crippen molar-refractivity contribution in [2.75, 3.05) is 0 Å². The van der Waals surface area contributed by atoms with Crippen LogP contribution >= 0.6 is 0 Å². The Morgan fingerprint density at radius 1 is 1.23 bits per heavy atom. The molecule has 0 spiro atoms. The fraction of sp³-hybridized carbons (Fsp3) is 0.222. The Bertz CT molecular complexity index is 670. The molecule has 1 aliphatic rings. The molecular weight excluding hydrogens is 276 g/mol. The van der Waals surface area contributed by atoms with Gasteiger partial charge in [-0.15, -0.1) is 0 Å². The number of nitrogens with zero attached hydrogens (tertiary/aromatic N) is 1. The van der Waals surface area contributed by atoms with Crippen LogP contribution in [0.3, 0.4) is 0 Å². The number of carbonyl (C=O) groups is 1. The van der Waals surface area contributed by atoms with Gasteiger partial charge < -0.3 is 10.1 Å². The van der Waals surface area contributed by atoms with Crippen LogP contribution < -0.4 is 10.1 Å².